The van der Waals surface area contributed by atoms with Crippen LogP contribution in [0.2, 0.25) is 5.02 Å². The SMILES string of the molecule is Cc1ccc(C(=O)COC(=O)CCC(=O)Nc2cc(C(F)(F)F)ccc2Cl)cc1[N+](=O)[O-]. The number of hydrogen-bond acceptors (Lipinski definition) is 6. The van der Waals surface area contributed by atoms with E-state index >= 15 is 0 Å². The number of hydrogen-bond donors (Lipinski definition) is 1. The number of nitro groups is 1. The van der Waals surface area contributed by atoms with Gasteiger partial charge in [0.05, 0.1) is 27.6 Å². The third kappa shape index (κ3) is 6.77. The summed E-state index contributed by atoms with van der Waals surface area (Å²) in [7, 11) is 0. The van der Waals surface area contributed by atoms with E-state index in [4.69, 9.17) is 16.3 Å². The van der Waals surface area contributed by atoms with E-state index in [1.807, 2.05) is 0 Å². The summed E-state index contributed by atoms with van der Waals surface area (Å²) < 4.78 is 43.1. The first kappa shape index (κ1) is 24.8. The molecule has 0 bridgehead atoms. The molecule has 32 heavy (non-hydrogen) atoms. The Hall–Kier alpha value is -3.47. The average molecular weight is 473 g/mol. The monoisotopic (exact) mass is 472 g/mol. The molecule has 0 aliphatic rings. The summed E-state index contributed by atoms with van der Waals surface area (Å²) in [5.41, 5.74) is -1.20. The summed E-state index contributed by atoms with van der Waals surface area (Å²) in [6.45, 7) is 0.810. The third-order valence-corrected chi connectivity index (χ3v) is 4.55. The Labute approximate surface area is 184 Å². The molecular weight excluding hydrogens is 457 g/mol. The van der Waals surface area contributed by atoms with Gasteiger partial charge in [-0.2, -0.15) is 13.2 Å². The van der Waals surface area contributed by atoms with Gasteiger partial charge in [-0.15, -0.1) is 0 Å². The summed E-state index contributed by atoms with van der Waals surface area (Å²) in [4.78, 5) is 46.1. The fourth-order valence-electron chi connectivity index (χ4n) is 2.51. The molecule has 0 saturated heterocycles. The molecule has 0 fully saturated rings. The number of carbonyl (C=O) groups excluding carboxylic acids is 3. The highest BCUT2D eigenvalue weighted by molar-refractivity contribution is 6.33. The molecule has 0 aromatic heterocycles. The molecule has 2 aromatic carbocycles. The van der Waals surface area contributed by atoms with Gasteiger partial charge in [-0.05, 0) is 25.1 Å². The van der Waals surface area contributed by atoms with Crippen molar-refractivity contribution in [2.24, 2.45) is 0 Å². The number of esters is 1. The molecule has 2 rings (SSSR count). The molecule has 170 valence electrons. The van der Waals surface area contributed by atoms with E-state index in [1.54, 1.807) is 0 Å². The number of ether oxygens (including phenoxy) is 1. The maximum Gasteiger partial charge on any atom is 0.416 e. The Morgan fingerprint density at radius 2 is 1.81 bits per heavy atom. The molecule has 1 amide bonds. The maximum absolute atomic E-state index is 12.8. The zero-order valence-electron chi connectivity index (χ0n) is 16.5. The Bertz CT molecular complexity index is 1070. The van der Waals surface area contributed by atoms with Crippen molar-refractivity contribution in [2.45, 2.75) is 25.9 Å². The summed E-state index contributed by atoms with van der Waals surface area (Å²) >= 11 is 5.78. The van der Waals surface area contributed by atoms with Crippen molar-refractivity contribution in [2.75, 3.05) is 11.9 Å². The number of halogens is 4. The summed E-state index contributed by atoms with van der Waals surface area (Å²) in [5.74, 6) is -2.38. The van der Waals surface area contributed by atoms with E-state index in [-0.39, 0.29) is 22.0 Å². The van der Waals surface area contributed by atoms with Gasteiger partial charge >= 0.3 is 12.1 Å². The molecule has 0 spiro atoms. The lowest BCUT2D eigenvalue weighted by Crippen LogP contribution is -2.18. The van der Waals surface area contributed by atoms with Crippen LogP contribution in [0.15, 0.2) is 36.4 Å². The number of carbonyl (C=O) groups is 3. The fraction of sp³-hybridized carbons (Fsp3) is 0.250. The van der Waals surface area contributed by atoms with Crippen LogP contribution in [0.3, 0.4) is 0 Å². The zero-order chi connectivity index (χ0) is 24.1. The van der Waals surface area contributed by atoms with Crippen molar-refractivity contribution in [3.05, 3.63) is 68.2 Å². The van der Waals surface area contributed by atoms with Gasteiger partial charge in [-0.25, -0.2) is 0 Å². The molecule has 0 aliphatic heterocycles. The van der Waals surface area contributed by atoms with Crippen molar-refractivity contribution in [3.8, 4) is 0 Å². The van der Waals surface area contributed by atoms with Crippen molar-refractivity contribution in [3.63, 3.8) is 0 Å². The van der Waals surface area contributed by atoms with Gasteiger partial charge in [-0.3, -0.25) is 24.5 Å². The number of ketones is 1. The van der Waals surface area contributed by atoms with Crippen molar-refractivity contribution in [1.82, 2.24) is 0 Å². The molecule has 12 heteroatoms. The molecule has 0 aliphatic carbocycles. The number of nitro benzene ring substituents is 1. The Morgan fingerprint density at radius 3 is 2.44 bits per heavy atom. The highest BCUT2D eigenvalue weighted by atomic mass is 35.5. The number of anilines is 1. The van der Waals surface area contributed by atoms with Gasteiger partial charge in [0, 0.05) is 23.6 Å². The Kier molecular flexibility index (Phi) is 7.92. The van der Waals surface area contributed by atoms with Crippen LogP contribution in [0.25, 0.3) is 0 Å². The summed E-state index contributed by atoms with van der Waals surface area (Å²) in [6.07, 6.45) is -5.52. The third-order valence-electron chi connectivity index (χ3n) is 4.22. The van der Waals surface area contributed by atoms with E-state index < -0.39 is 53.8 Å². The smallest absolute Gasteiger partial charge is 0.416 e. The minimum Gasteiger partial charge on any atom is -0.457 e. The van der Waals surface area contributed by atoms with Gasteiger partial charge < -0.3 is 10.1 Å². The maximum atomic E-state index is 12.8. The molecule has 1 N–H and O–H groups in total. The van der Waals surface area contributed by atoms with Crippen molar-refractivity contribution >= 4 is 40.6 Å². The zero-order valence-corrected chi connectivity index (χ0v) is 17.2. The Balaban J connectivity index is 1.87. The van der Waals surface area contributed by atoms with E-state index in [0.717, 1.165) is 18.2 Å². The second-order valence-electron chi connectivity index (χ2n) is 6.58. The van der Waals surface area contributed by atoms with E-state index in [2.05, 4.69) is 5.32 Å². The van der Waals surface area contributed by atoms with E-state index in [1.165, 1.54) is 19.1 Å². The first-order valence-corrected chi connectivity index (χ1v) is 9.36. The minimum absolute atomic E-state index is 0.0213. The number of aryl methyl sites for hydroxylation is 1. The van der Waals surface area contributed by atoms with Crippen LogP contribution < -0.4 is 5.32 Å². The first-order chi connectivity index (χ1) is 14.9. The van der Waals surface area contributed by atoms with Crippen LogP contribution in [-0.4, -0.2) is 29.2 Å². The van der Waals surface area contributed by atoms with E-state index in [9.17, 15) is 37.7 Å². The highest BCUT2D eigenvalue weighted by Gasteiger charge is 2.31. The van der Waals surface area contributed by atoms with Gasteiger partial charge in [0.25, 0.3) is 5.69 Å². The second-order valence-corrected chi connectivity index (χ2v) is 6.99. The number of nitrogens with one attached hydrogen (secondary N) is 1. The molecule has 0 unspecified atom stereocenters. The number of benzene rings is 2. The van der Waals surface area contributed by atoms with Gasteiger partial charge in [0.2, 0.25) is 11.7 Å². The van der Waals surface area contributed by atoms with Gasteiger partial charge in [0.15, 0.2) is 6.61 Å². The second kappa shape index (κ2) is 10.2. The minimum atomic E-state index is -4.63. The standard InChI is InChI=1S/C20H16ClF3N2O6/c1-11-2-3-12(8-16(11)26(30)31)17(27)10-32-19(29)7-6-18(28)25-15-9-13(20(22,23)24)4-5-14(15)21/h2-5,8-9H,6-7,10H2,1H3,(H,25,28). The van der Waals surface area contributed by atoms with Gasteiger partial charge in [0.1, 0.15) is 0 Å². The summed E-state index contributed by atoms with van der Waals surface area (Å²) in [5, 5.41) is 13.0. The topological polar surface area (TPSA) is 116 Å². The number of nitrogens with zero attached hydrogens (tertiary/aromatic N) is 1. The number of Topliss-reactive ketones (excluding diaryl/α,β-unsaturated/α-hetero) is 1. The van der Waals surface area contributed by atoms with Crippen LogP contribution in [0.5, 0.6) is 0 Å². The molecule has 8 nitrogen and oxygen atoms in total. The lowest BCUT2D eigenvalue weighted by molar-refractivity contribution is -0.385. The van der Waals surface area contributed by atoms with Crippen LogP contribution in [0.1, 0.15) is 34.3 Å². The highest BCUT2D eigenvalue weighted by Crippen LogP contribution is 2.33. The van der Waals surface area contributed by atoms with Crippen LogP contribution >= 0.6 is 11.6 Å². The summed E-state index contributed by atoms with van der Waals surface area (Å²) in [6, 6.07) is 6.21. The average Bonchev–Trinajstić information content (AvgIpc) is 2.71. The number of rotatable bonds is 8. The van der Waals surface area contributed by atoms with Crippen LogP contribution in [0, 0.1) is 17.0 Å². The largest absolute Gasteiger partial charge is 0.457 e. The fourth-order valence-corrected chi connectivity index (χ4v) is 2.67. The molecule has 2 aromatic rings. The predicted molar refractivity (Wildman–Crippen MR) is 107 cm³/mol. The lowest BCUT2D eigenvalue weighted by atomic mass is 10.1. The molecular formula is C20H16ClF3N2O6. The van der Waals surface area contributed by atoms with Gasteiger partial charge in [-0.1, -0.05) is 23.7 Å². The first-order valence-electron chi connectivity index (χ1n) is 8.99. The lowest BCUT2D eigenvalue weighted by Gasteiger charge is -2.11. The Morgan fingerprint density at radius 1 is 1.12 bits per heavy atom. The molecule has 0 saturated carbocycles. The normalized spacial score (nSPS) is 11.0. The van der Waals surface area contributed by atoms with Crippen molar-refractivity contribution in [1.29, 1.82) is 0 Å². The number of alkyl halides is 3. The van der Waals surface area contributed by atoms with Crippen LogP contribution in [0.4, 0.5) is 24.5 Å². The molecule has 0 heterocycles. The quantitative estimate of drug-likeness (QED) is 0.257. The number of amides is 1. The van der Waals surface area contributed by atoms with Crippen molar-refractivity contribution < 1.29 is 37.2 Å². The van der Waals surface area contributed by atoms with Crippen LogP contribution in [-0.2, 0) is 20.5 Å². The van der Waals surface area contributed by atoms with E-state index in [0.29, 0.717) is 11.6 Å². The molecule has 0 atom stereocenters. The molecule has 0 radical (unpaired) electrons. The predicted octanol–water partition coefficient (Wildman–Crippen LogP) is 4.72.